The second-order valence-electron chi connectivity index (χ2n) is 4.97. The zero-order valence-electron chi connectivity index (χ0n) is 10.8. The van der Waals surface area contributed by atoms with E-state index in [1.165, 1.54) is 0 Å². The van der Waals surface area contributed by atoms with Gasteiger partial charge in [0.05, 0.1) is 6.04 Å². The normalized spacial score (nSPS) is 16.7. The highest BCUT2D eigenvalue weighted by Crippen LogP contribution is 2.20. The van der Waals surface area contributed by atoms with Crippen molar-refractivity contribution >= 4 is 17.5 Å². The Bertz CT molecular complexity index is 432. The predicted octanol–water partition coefficient (Wildman–Crippen LogP) is 2.44. The maximum Gasteiger partial charge on any atom is 0.237 e. The fraction of sp³-hybridized carbons (Fsp3) is 0.500. The highest BCUT2D eigenvalue weighted by molar-refractivity contribution is 6.31. The lowest BCUT2D eigenvalue weighted by molar-refractivity contribution is -0.125. The molecule has 0 unspecified atom stereocenters. The summed E-state index contributed by atoms with van der Waals surface area (Å²) in [4.78, 5) is 13.9. The molecule has 1 atom stereocenters. The fourth-order valence-corrected chi connectivity index (χ4v) is 1.98. The number of carbonyl (C=O) groups is 1. The van der Waals surface area contributed by atoms with Crippen LogP contribution in [0.5, 0.6) is 0 Å². The summed E-state index contributed by atoms with van der Waals surface area (Å²) in [5, 5.41) is 3.77. The van der Waals surface area contributed by atoms with Crippen LogP contribution in [0.25, 0.3) is 0 Å². The van der Waals surface area contributed by atoms with Crippen molar-refractivity contribution in [3.8, 4) is 0 Å². The van der Waals surface area contributed by atoms with Gasteiger partial charge in [0.2, 0.25) is 5.91 Å². The summed E-state index contributed by atoms with van der Waals surface area (Å²) < 4.78 is 0. The van der Waals surface area contributed by atoms with Gasteiger partial charge in [-0.15, -0.1) is 0 Å². The van der Waals surface area contributed by atoms with Gasteiger partial charge in [-0.05, 0) is 38.4 Å². The molecule has 0 aromatic heterocycles. The van der Waals surface area contributed by atoms with Gasteiger partial charge in [-0.25, -0.2) is 0 Å². The first-order valence-corrected chi connectivity index (χ1v) is 6.69. The first kappa shape index (κ1) is 13.4. The van der Waals surface area contributed by atoms with Gasteiger partial charge in [-0.1, -0.05) is 29.8 Å². The first-order valence-electron chi connectivity index (χ1n) is 6.32. The van der Waals surface area contributed by atoms with Crippen molar-refractivity contribution < 1.29 is 4.79 Å². The Morgan fingerprint density at radius 1 is 1.50 bits per heavy atom. The molecular weight excluding hydrogens is 248 g/mol. The highest BCUT2D eigenvalue weighted by atomic mass is 35.5. The maximum absolute atomic E-state index is 11.9. The molecule has 0 spiro atoms. The summed E-state index contributed by atoms with van der Waals surface area (Å²) in [6.45, 7) is 2.60. The number of carbonyl (C=O) groups excluding carboxylic acids is 1. The molecule has 1 aromatic carbocycles. The summed E-state index contributed by atoms with van der Waals surface area (Å²) in [6.07, 6.45) is 2.24. The second kappa shape index (κ2) is 5.72. The lowest BCUT2D eigenvalue weighted by atomic mass is 10.2. The van der Waals surface area contributed by atoms with Crippen molar-refractivity contribution in [3.63, 3.8) is 0 Å². The summed E-state index contributed by atoms with van der Waals surface area (Å²) in [5.74, 6) is 0.104. The number of halogens is 1. The molecule has 0 heterocycles. The van der Waals surface area contributed by atoms with Gasteiger partial charge in [0.25, 0.3) is 0 Å². The third-order valence-electron chi connectivity index (χ3n) is 3.34. The van der Waals surface area contributed by atoms with Gasteiger partial charge in [-0.2, -0.15) is 0 Å². The summed E-state index contributed by atoms with van der Waals surface area (Å²) in [5.41, 5.74) is 1.05. The van der Waals surface area contributed by atoms with Crippen molar-refractivity contribution in [2.75, 3.05) is 7.05 Å². The SMILES string of the molecule is C[C@@H](C(=O)NC1CC1)N(C)Cc1ccccc1Cl. The van der Waals surface area contributed by atoms with Crippen molar-refractivity contribution in [3.05, 3.63) is 34.9 Å². The summed E-state index contributed by atoms with van der Waals surface area (Å²) in [6, 6.07) is 8.01. The third-order valence-corrected chi connectivity index (χ3v) is 3.71. The Balaban J connectivity index is 1.92. The fourth-order valence-electron chi connectivity index (χ4n) is 1.78. The molecule has 2 rings (SSSR count). The maximum atomic E-state index is 11.9. The molecule has 1 aliphatic rings. The minimum atomic E-state index is -0.137. The van der Waals surface area contributed by atoms with Crippen LogP contribution in [0.1, 0.15) is 25.3 Å². The van der Waals surface area contributed by atoms with Crippen molar-refractivity contribution in [1.29, 1.82) is 0 Å². The molecule has 4 heteroatoms. The molecule has 1 fully saturated rings. The topological polar surface area (TPSA) is 32.3 Å². The molecule has 0 radical (unpaired) electrons. The van der Waals surface area contributed by atoms with Crippen LogP contribution in [0.2, 0.25) is 5.02 Å². The molecule has 18 heavy (non-hydrogen) atoms. The number of hydrogen-bond acceptors (Lipinski definition) is 2. The van der Waals surface area contributed by atoms with Gasteiger partial charge in [0.15, 0.2) is 0 Å². The molecule has 0 aliphatic heterocycles. The third kappa shape index (κ3) is 3.47. The van der Waals surface area contributed by atoms with E-state index in [0.29, 0.717) is 12.6 Å². The monoisotopic (exact) mass is 266 g/mol. The van der Waals surface area contributed by atoms with E-state index in [0.717, 1.165) is 23.4 Å². The largest absolute Gasteiger partial charge is 0.352 e. The van der Waals surface area contributed by atoms with Crippen LogP contribution in [-0.2, 0) is 11.3 Å². The van der Waals surface area contributed by atoms with E-state index in [1.54, 1.807) is 0 Å². The second-order valence-corrected chi connectivity index (χ2v) is 5.37. The zero-order chi connectivity index (χ0) is 13.1. The molecule has 1 aliphatic carbocycles. The van der Waals surface area contributed by atoms with Gasteiger partial charge in [0.1, 0.15) is 0 Å². The lowest BCUT2D eigenvalue weighted by Gasteiger charge is -2.24. The van der Waals surface area contributed by atoms with E-state index in [1.807, 2.05) is 43.1 Å². The molecule has 1 saturated carbocycles. The van der Waals surface area contributed by atoms with Gasteiger partial charge in [-0.3, -0.25) is 9.69 Å². The zero-order valence-corrected chi connectivity index (χ0v) is 11.6. The molecule has 1 aromatic rings. The molecule has 1 N–H and O–H groups in total. The Labute approximate surface area is 113 Å². The molecule has 98 valence electrons. The van der Waals surface area contributed by atoms with Crippen LogP contribution >= 0.6 is 11.6 Å². The lowest BCUT2D eigenvalue weighted by Crippen LogP contribution is -2.43. The van der Waals surface area contributed by atoms with E-state index in [-0.39, 0.29) is 11.9 Å². The van der Waals surface area contributed by atoms with E-state index < -0.39 is 0 Å². The summed E-state index contributed by atoms with van der Waals surface area (Å²) in [7, 11) is 1.94. The smallest absolute Gasteiger partial charge is 0.237 e. The minimum absolute atomic E-state index is 0.104. The van der Waals surface area contributed by atoms with E-state index in [4.69, 9.17) is 11.6 Å². The number of amides is 1. The molecule has 0 saturated heterocycles. The first-order chi connectivity index (χ1) is 8.58. The quantitative estimate of drug-likeness (QED) is 0.888. The standard InChI is InChI=1S/C14H19ClN2O/c1-10(14(18)16-12-7-8-12)17(2)9-11-5-3-4-6-13(11)15/h3-6,10,12H,7-9H2,1-2H3,(H,16,18)/t10-/m0/s1. The number of likely N-dealkylation sites (N-methyl/N-ethyl adjacent to an activating group) is 1. The van der Waals surface area contributed by atoms with E-state index in [9.17, 15) is 4.79 Å². The number of rotatable bonds is 5. The average Bonchev–Trinajstić information content (AvgIpc) is 3.15. The Morgan fingerprint density at radius 2 is 2.17 bits per heavy atom. The van der Waals surface area contributed by atoms with Gasteiger partial charge >= 0.3 is 0 Å². The Kier molecular flexibility index (Phi) is 4.25. The van der Waals surface area contributed by atoms with Crippen LogP contribution in [0.3, 0.4) is 0 Å². The highest BCUT2D eigenvalue weighted by Gasteiger charge is 2.27. The number of nitrogens with zero attached hydrogens (tertiary/aromatic N) is 1. The van der Waals surface area contributed by atoms with Crippen LogP contribution in [0.4, 0.5) is 0 Å². The number of hydrogen-bond donors (Lipinski definition) is 1. The molecule has 1 amide bonds. The Hall–Kier alpha value is -1.06. The average molecular weight is 267 g/mol. The number of benzene rings is 1. The molecule has 3 nitrogen and oxygen atoms in total. The minimum Gasteiger partial charge on any atom is -0.352 e. The molecule has 0 bridgehead atoms. The van der Waals surface area contributed by atoms with Crippen molar-refractivity contribution in [2.24, 2.45) is 0 Å². The Morgan fingerprint density at radius 3 is 2.78 bits per heavy atom. The van der Waals surface area contributed by atoms with Crippen LogP contribution in [-0.4, -0.2) is 29.9 Å². The van der Waals surface area contributed by atoms with Crippen molar-refractivity contribution in [2.45, 2.75) is 38.4 Å². The summed E-state index contributed by atoms with van der Waals surface area (Å²) >= 11 is 6.12. The van der Waals surface area contributed by atoms with Gasteiger partial charge in [0, 0.05) is 17.6 Å². The predicted molar refractivity (Wildman–Crippen MR) is 73.5 cm³/mol. The van der Waals surface area contributed by atoms with Crippen LogP contribution in [0.15, 0.2) is 24.3 Å². The number of nitrogens with one attached hydrogen (secondary N) is 1. The van der Waals surface area contributed by atoms with Crippen molar-refractivity contribution in [1.82, 2.24) is 10.2 Å². The van der Waals surface area contributed by atoms with E-state index >= 15 is 0 Å². The molecular formula is C14H19ClN2O. The van der Waals surface area contributed by atoms with E-state index in [2.05, 4.69) is 5.32 Å². The van der Waals surface area contributed by atoms with Crippen LogP contribution in [0, 0.1) is 0 Å². The van der Waals surface area contributed by atoms with Crippen LogP contribution < -0.4 is 5.32 Å². The van der Waals surface area contributed by atoms with Gasteiger partial charge < -0.3 is 5.32 Å².